The summed E-state index contributed by atoms with van der Waals surface area (Å²) in [5, 5.41) is 3.80. The molecule has 0 saturated carbocycles. The summed E-state index contributed by atoms with van der Waals surface area (Å²) in [7, 11) is 0. The number of nitrogens with two attached hydrogens (primary N) is 1. The molecule has 104 valence electrons. The molecule has 3 N–H and O–H groups in total. The third-order valence-electron chi connectivity index (χ3n) is 3.28. The summed E-state index contributed by atoms with van der Waals surface area (Å²) >= 11 is 0. The highest BCUT2D eigenvalue weighted by atomic mass is 19.1. The number of nitrogens with one attached hydrogen (secondary N) is 1. The number of fused-ring (bicyclic) bond motifs is 1. The highest BCUT2D eigenvalue weighted by Gasteiger charge is 2.12. The molecule has 0 bridgehead atoms. The number of anilines is 2. The molecule has 0 radical (unpaired) electrons. The maximum absolute atomic E-state index is 13.8. The number of hydrogen-bond acceptors (Lipinski definition) is 2. The Labute approximate surface area is 121 Å². The van der Waals surface area contributed by atoms with Crippen LogP contribution in [0.1, 0.15) is 10.4 Å². The zero-order valence-electron chi connectivity index (χ0n) is 11.1. The molecule has 0 aliphatic carbocycles. The van der Waals surface area contributed by atoms with E-state index >= 15 is 0 Å². The van der Waals surface area contributed by atoms with E-state index in [9.17, 15) is 9.18 Å². The third-order valence-corrected chi connectivity index (χ3v) is 3.28. The van der Waals surface area contributed by atoms with Crippen molar-refractivity contribution in [3.63, 3.8) is 0 Å². The maximum Gasteiger partial charge on any atom is 0.256 e. The van der Waals surface area contributed by atoms with Gasteiger partial charge in [-0.05, 0) is 41.8 Å². The maximum atomic E-state index is 13.8. The van der Waals surface area contributed by atoms with Gasteiger partial charge in [-0.15, -0.1) is 0 Å². The summed E-state index contributed by atoms with van der Waals surface area (Å²) in [6.45, 7) is 0. The molecule has 1 amide bonds. The first-order valence-corrected chi connectivity index (χ1v) is 6.49. The minimum Gasteiger partial charge on any atom is -0.399 e. The van der Waals surface area contributed by atoms with Gasteiger partial charge in [0.05, 0.1) is 0 Å². The third kappa shape index (κ3) is 2.56. The smallest absolute Gasteiger partial charge is 0.256 e. The summed E-state index contributed by atoms with van der Waals surface area (Å²) < 4.78 is 13.8. The largest absolute Gasteiger partial charge is 0.399 e. The van der Waals surface area contributed by atoms with E-state index < -0.39 is 0 Å². The van der Waals surface area contributed by atoms with Gasteiger partial charge in [-0.1, -0.05) is 24.3 Å². The predicted octanol–water partition coefficient (Wildman–Crippen LogP) is 3.81. The average Bonchev–Trinajstić information content (AvgIpc) is 2.50. The van der Waals surface area contributed by atoms with Gasteiger partial charge in [0.15, 0.2) is 0 Å². The number of hydrogen-bond donors (Lipinski definition) is 2. The number of rotatable bonds is 2. The lowest BCUT2D eigenvalue weighted by Crippen LogP contribution is -2.12. The van der Waals surface area contributed by atoms with Crippen molar-refractivity contribution in [3.05, 3.63) is 72.0 Å². The molecule has 0 saturated heterocycles. The Bertz CT molecular complexity index is 813. The van der Waals surface area contributed by atoms with Crippen molar-refractivity contribution in [3.8, 4) is 0 Å². The Kier molecular flexibility index (Phi) is 3.28. The van der Waals surface area contributed by atoms with E-state index in [-0.39, 0.29) is 11.7 Å². The van der Waals surface area contributed by atoms with E-state index in [4.69, 9.17) is 5.73 Å². The van der Waals surface area contributed by atoms with Crippen LogP contribution in [0.5, 0.6) is 0 Å². The highest BCUT2D eigenvalue weighted by Crippen LogP contribution is 2.23. The van der Waals surface area contributed by atoms with Gasteiger partial charge in [-0.25, -0.2) is 4.39 Å². The van der Waals surface area contributed by atoms with E-state index in [2.05, 4.69) is 5.32 Å². The number of carbonyl (C=O) groups excluding carboxylic acids is 1. The van der Waals surface area contributed by atoms with Crippen LogP contribution in [0, 0.1) is 5.82 Å². The van der Waals surface area contributed by atoms with Crippen molar-refractivity contribution in [2.75, 3.05) is 11.1 Å². The Morgan fingerprint density at radius 3 is 2.29 bits per heavy atom. The molecule has 0 heterocycles. The second kappa shape index (κ2) is 5.25. The van der Waals surface area contributed by atoms with Crippen molar-refractivity contribution in [1.82, 2.24) is 0 Å². The molecular weight excluding hydrogens is 267 g/mol. The van der Waals surface area contributed by atoms with Crippen LogP contribution >= 0.6 is 0 Å². The summed E-state index contributed by atoms with van der Waals surface area (Å²) in [6.07, 6.45) is 0. The van der Waals surface area contributed by atoms with Gasteiger partial charge in [-0.2, -0.15) is 0 Å². The number of benzene rings is 3. The van der Waals surface area contributed by atoms with Crippen LogP contribution in [0.3, 0.4) is 0 Å². The average molecular weight is 280 g/mol. The molecule has 3 rings (SSSR count). The SMILES string of the molecule is Nc1ccc(NC(=O)c2ccc(F)c3ccccc23)cc1. The molecular formula is C17H13FN2O. The van der Waals surface area contributed by atoms with Crippen LogP contribution in [-0.4, -0.2) is 5.91 Å². The van der Waals surface area contributed by atoms with Crippen LogP contribution in [0.4, 0.5) is 15.8 Å². The summed E-state index contributed by atoms with van der Waals surface area (Å²) in [6, 6.07) is 16.6. The molecule has 0 unspecified atom stereocenters. The van der Waals surface area contributed by atoms with Gasteiger partial charge in [0.25, 0.3) is 5.91 Å². The van der Waals surface area contributed by atoms with E-state index in [1.165, 1.54) is 12.1 Å². The second-order valence-electron chi connectivity index (χ2n) is 4.72. The van der Waals surface area contributed by atoms with Gasteiger partial charge >= 0.3 is 0 Å². The normalized spacial score (nSPS) is 10.5. The van der Waals surface area contributed by atoms with E-state index in [1.807, 2.05) is 0 Å². The lowest BCUT2D eigenvalue weighted by Gasteiger charge is -2.09. The summed E-state index contributed by atoms with van der Waals surface area (Å²) in [5.74, 6) is -0.620. The molecule has 0 aromatic heterocycles. The summed E-state index contributed by atoms with van der Waals surface area (Å²) in [4.78, 5) is 12.4. The van der Waals surface area contributed by atoms with Crippen LogP contribution in [0.15, 0.2) is 60.7 Å². The second-order valence-corrected chi connectivity index (χ2v) is 4.72. The van der Waals surface area contributed by atoms with Gasteiger partial charge in [0.1, 0.15) is 5.82 Å². The summed E-state index contributed by atoms with van der Waals surface area (Å²) in [5.41, 5.74) is 7.31. The number of halogens is 1. The predicted molar refractivity (Wildman–Crippen MR) is 82.7 cm³/mol. The van der Waals surface area contributed by atoms with Crippen molar-refractivity contribution >= 4 is 28.1 Å². The van der Waals surface area contributed by atoms with E-state index in [0.717, 1.165) is 0 Å². The Morgan fingerprint density at radius 2 is 1.57 bits per heavy atom. The van der Waals surface area contributed by atoms with Crippen molar-refractivity contribution < 1.29 is 9.18 Å². The van der Waals surface area contributed by atoms with Gasteiger partial charge < -0.3 is 11.1 Å². The van der Waals surface area contributed by atoms with Crippen molar-refractivity contribution in [1.29, 1.82) is 0 Å². The van der Waals surface area contributed by atoms with Crippen molar-refractivity contribution in [2.24, 2.45) is 0 Å². The van der Waals surface area contributed by atoms with Crippen LogP contribution in [0.2, 0.25) is 0 Å². The van der Waals surface area contributed by atoms with Crippen molar-refractivity contribution in [2.45, 2.75) is 0 Å². The minimum absolute atomic E-state index is 0.282. The molecule has 0 aliphatic heterocycles. The Hall–Kier alpha value is -2.88. The standard InChI is InChI=1S/C17H13FN2O/c18-16-10-9-15(13-3-1-2-4-14(13)16)17(21)20-12-7-5-11(19)6-8-12/h1-10H,19H2,(H,20,21). The monoisotopic (exact) mass is 280 g/mol. The number of nitrogen functional groups attached to an aromatic ring is 1. The molecule has 0 atom stereocenters. The molecule has 3 aromatic rings. The van der Waals surface area contributed by atoms with Gasteiger partial charge in [0.2, 0.25) is 0 Å². The molecule has 3 aromatic carbocycles. The zero-order valence-corrected chi connectivity index (χ0v) is 11.1. The molecule has 21 heavy (non-hydrogen) atoms. The Balaban J connectivity index is 1.98. The molecule has 0 fully saturated rings. The number of carbonyl (C=O) groups is 1. The first kappa shape index (κ1) is 13.1. The fourth-order valence-electron chi connectivity index (χ4n) is 2.23. The lowest BCUT2D eigenvalue weighted by atomic mass is 10.0. The molecule has 3 nitrogen and oxygen atoms in total. The topological polar surface area (TPSA) is 55.1 Å². The van der Waals surface area contributed by atoms with Gasteiger partial charge in [-0.3, -0.25) is 4.79 Å². The van der Waals surface area contributed by atoms with E-state index in [0.29, 0.717) is 27.7 Å². The number of amides is 1. The first-order chi connectivity index (χ1) is 10.1. The van der Waals surface area contributed by atoms with Gasteiger partial charge in [0, 0.05) is 22.3 Å². The van der Waals surface area contributed by atoms with Crippen LogP contribution < -0.4 is 11.1 Å². The molecule has 0 spiro atoms. The first-order valence-electron chi connectivity index (χ1n) is 6.49. The van der Waals surface area contributed by atoms with Crippen LogP contribution in [0.25, 0.3) is 10.8 Å². The fraction of sp³-hybridized carbons (Fsp3) is 0. The van der Waals surface area contributed by atoms with Crippen LogP contribution in [-0.2, 0) is 0 Å². The quantitative estimate of drug-likeness (QED) is 0.701. The molecule has 4 heteroatoms. The highest BCUT2D eigenvalue weighted by molar-refractivity contribution is 6.13. The molecule has 0 aliphatic rings. The minimum atomic E-state index is -0.338. The zero-order chi connectivity index (χ0) is 14.8. The Morgan fingerprint density at radius 1 is 0.905 bits per heavy atom. The van der Waals surface area contributed by atoms with E-state index in [1.54, 1.807) is 48.5 Å². The fourth-order valence-corrected chi connectivity index (χ4v) is 2.23. The lowest BCUT2D eigenvalue weighted by molar-refractivity contribution is 0.102.